The molecule has 2 bridgehead atoms. The highest BCUT2D eigenvalue weighted by atomic mass is 16.5. The number of ether oxygens (including phenoxy) is 1. The summed E-state index contributed by atoms with van der Waals surface area (Å²) in [7, 11) is 0. The van der Waals surface area contributed by atoms with E-state index in [4.69, 9.17) is 4.74 Å². The van der Waals surface area contributed by atoms with Crippen LogP contribution in [0.4, 0.5) is 0 Å². The minimum absolute atomic E-state index is 0.725. The van der Waals surface area contributed by atoms with Crippen LogP contribution in [-0.2, 0) is 4.74 Å². The van der Waals surface area contributed by atoms with Crippen LogP contribution in [0, 0.1) is 29.1 Å². The van der Waals surface area contributed by atoms with E-state index >= 15 is 0 Å². The van der Waals surface area contributed by atoms with Gasteiger partial charge in [-0.2, -0.15) is 0 Å². The van der Waals surface area contributed by atoms with Crippen LogP contribution in [-0.4, -0.2) is 13.2 Å². The molecule has 0 N–H and O–H groups in total. The molecular weight excluding hydrogens is 220 g/mol. The van der Waals surface area contributed by atoms with Crippen molar-refractivity contribution in [3.05, 3.63) is 0 Å². The monoisotopic (exact) mass is 250 g/mol. The van der Waals surface area contributed by atoms with Crippen molar-refractivity contribution in [2.24, 2.45) is 29.1 Å². The molecule has 0 spiro atoms. The third-order valence-electron chi connectivity index (χ3n) is 6.25. The maximum Gasteiger partial charge on any atom is 0.0494 e. The SMILES string of the molecule is CC(C)C12CCC(CC(CC3CCCOC3)C1)C2. The van der Waals surface area contributed by atoms with E-state index in [9.17, 15) is 0 Å². The van der Waals surface area contributed by atoms with E-state index in [1.807, 2.05) is 0 Å². The summed E-state index contributed by atoms with van der Waals surface area (Å²) in [5.74, 6) is 3.86. The lowest BCUT2D eigenvalue weighted by Gasteiger charge is -2.42. The Morgan fingerprint density at radius 1 is 1.17 bits per heavy atom. The van der Waals surface area contributed by atoms with E-state index in [1.54, 1.807) is 6.42 Å². The Balaban J connectivity index is 1.60. The lowest BCUT2D eigenvalue weighted by atomic mass is 9.63. The van der Waals surface area contributed by atoms with Gasteiger partial charge in [-0.05, 0) is 80.5 Å². The Hall–Kier alpha value is -0.0400. The van der Waals surface area contributed by atoms with E-state index in [0.29, 0.717) is 0 Å². The van der Waals surface area contributed by atoms with Crippen molar-refractivity contribution < 1.29 is 4.74 Å². The molecule has 18 heavy (non-hydrogen) atoms. The van der Waals surface area contributed by atoms with Gasteiger partial charge in [0.05, 0.1) is 0 Å². The predicted octanol–water partition coefficient (Wildman–Crippen LogP) is 4.66. The molecule has 3 rings (SSSR count). The highest BCUT2D eigenvalue weighted by molar-refractivity contribution is 4.97. The van der Waals surface area contributed by atoms with Gasteiger partial charge in [-0.15, -0.1) is 0 Å². The molecule has 1 nitrogen and oxygen atoms in total. The molecule has 104 valence electrons. The molecule has 2 aliphatic carbocycles. The summed E-state index contributed by atoms with van der Waals surface area (Å²) in [5.41, 5.74) is 0.725. The van der Waals surface area contributed by atoms with E-state index in [0.717, 1.165) is 42.3 Å². The Morgan fingerprint density at radius 2 is 2.06 bits per heavy atom. The zero-order valence-corrected chi connectivity index (χ0v) is 12.3. The van der Waals surface area contributed by atoms with Crippen molar-refractivity contribution in [2.45, 2.75) is 65.2 Å². The van der Waals surface area contributed by atoms with Crippen LogP contribution in [0.15, 0.2) is 0 Å². The highest BCUT2D eigenvalue weighted by Crippen LogP contribution is 2.58. The van der Waals surface area contributed by atoms with Gasteiger partial charge >= 0.3 is 0 Å². The molecule has 1 aliphatic heterocycles. The predicted molar refractivity (Wildman–Crippen MR) is 75.5 cm³/mol. The van der Waals surface area contributed by atoms with Gasteiger partial charge in [0.15, 0.2) is 0 Å². The van der Waals surface area contributed by atoms with Crippen LogP contribution >= 0.6 is 0 Å². The van der Waals surface area contributed by atoms with Gasteiger partial charge in [0.2, 0.25) is 0 Å². The van der Waals surface area contributed by atoms with E-state index in [2.05, 4.69) is 13.8 Å². The fourth-order valence-corrected chi connectivity index (χ4v) is 5.19. The molecule has 1 saturated heterocycles. The largest absolute Gasteiger partial charge is 0.381 e. The third-order valence-corrected chi connectivity index (χ3v) is 6.25. The zero-order valence-electron chi connectivity index (χ0n) is 12.3. The summed E-state index contributed by atoms with van der Waals surface area (Å²) in [6.45, 7) is 7.00. The quantitative estimate of drug-likeness (QED) is 0.708. The number of hydrogen-bond donors (Lipinski definition) is 0. The number of fused-ring (bicyclic) bond motifs is 2. The standard InChI is InChI=1S/C17H30O/c1-13(2)17-6-5-14(10-17)8-16(11-17)9-15-4-3-7-18-12-15/h13-16H,3-12H2,1-2H3. The molecule has 0 aromatic carbocycles. The molecular formula is C17H30O. The van der Waals surface area contributed by atoms with E-state index in [1.165, 1.54) is 44.9 Å². The summed E-state index contributed by atoms with van der Waals surface area (Å²) in [5, 5.41) is 0. The first-order valence-corrected chi connectivity index (χ1v) is 8.26. The maximum absolute atomic E-state index is 5.67. The fraction of sp³-hybridized carbons (Fsp3) is 1.00. The van der Waals surface area contributed by atoms with Crippen molar-refractivity contribution in [2.75, 3.05) is 13.2 Å². The second-order valence-corrected chi connectivity index (χ2v) is 7.75. The molecule has 4 atom stereocenters. The second-order valence-electron chi connectivity index (χ2n) is 7.75. The minimum atomic E-state index is 0.725. The van der Waals surface area contributed by atoms with Crippen molar-refractivity contribution in [1.82, 2.24) is 0 Å². The summed E-state index contributed by atoms with van der Waals surface area (Å²) in [4.78, 5) is 0. The smallest absolute Gasteiger partial charge is 0.0494 e. The summed E-state index contributed by atoms with van der Waals surface area (Å²) < 4.78 is 5.67. The molecule has 1 heterocycles. The van der Waals surface area contributed by atoms with Gasteiger partial charge in [0, 0.05) is 13.2 Å². The molecule has 0 aromatic heterocycles. The topological polar surface area (TPSA) is 9.23 Å². The van der Waals surface area contributed by atoms with Gasteiger partial charge < -0.3 is 4.74 Å². The first-order valence-electron chi connectivity index (χ1n) is 8.26. The van der Waals surface area contributed by atoms with E-state index in [-0.39, 0.29) is 0 Å². The van der Waals surface area contributed by atoms with Gasteiger partial charge in [-0.1, -0.05) is 13.8 Å². The zero-order chi connectivity index (χ0) is 12.6. The molecule has 0 radical (unpaired) electrons. The Kier molecular flexibility index (Phi) is 3.71. The molecule has 0 amide bonds. The normalized spacial score (nSPS) is 44.5. The molecule has 3 aliphatic rings. The maximum atomic E-state index is 5.67. The number of rotatable bonds is 3. The molecule has 1 heteroatoms. The van der Waals surface area contributed by atoms with Crippen LogP contribution in [0.3, 0.4) is 0 Å². The lowest BCUT2D eigenvalue weighted by Crippen LogP contribution is -2.33. The lowest BCUT2D eigenvalue weighted by molar-refractivity contribution is 0.0274. The first-order chi connectivity index (χ1) is 8.68. The van der Waals surface area contributed by atoms with Gasteiger partial charge in [-0.3, -0.25) is 0 Å². The second kappa shape index (κ2) is 5.15. The Bertz CT molecular complexity index is 279. The summed E-state index contributed by atoms with van der Waals surface area (Å²) in [6.07, 6.45) is 11.8. The van der Waals surface area contributed by atoms with Gasteiger partial charge in [-0.25, -0.2) is 0 Å². The van der Waals surface area contributed by atoms with Gasteiger partial charge in [0.25, 0.3) is 0 Å². The average Bonchev–Trinajstić information content (AvgIpc) is 2.68. The van der Waals surface area contributed by atoms with Crippen LogP contribution in [0.2, 0.25) is 0 Å². The molecule has 3 fully saturated rings. The van der Waals surface area contributed by atoms with E-state index < -0.39 is 0 Å². The van der Waals surface area contributed by atoms with Crippen molar-refractivity contribution in [3.63, 3.8) is 0 Å². The van der Waals surface area contributed by atoms with Crippen LogP contribution in [0.25, 0.3) is 0 Å². The van der Waals surface area contributed by atoms with Crippen molar-refractivity contribution in [3.8, 4) is 0 Å². The Labute approximate surface area is 113 Å². The minimum Gasteiger partial charge on any atom is -0.381 e. The molecule has 0 aromatic rings. The van der Waals surface area contributed by atoms with Crippen LogP contribution in [0.5, 0.6) is 0 Å². The van der Waals surface area contributed by atoms with Gasteiger partial charge in [0.1, 0.15) is 0 Å². The van der Waals surface area contributed by atoms with Crippen LogP contribution in [0.1, 0.15) is 65.2 Å². The average molecular weight is 250 g/mol. The summed E-state index contributed by atoms with van der Waals surface area (Å²) >= 11 is 0. The van der Waals surface area contributed by atoms with Crippen molar-refractivity contribution in [1.29, 1.82) is 0 Å². The Morgan fingerprint density at radius 3 is 2.78 bits per heavy atom. The first kappa shape index (κ1) is 13.0. The fourth-order valence-electron chi connectivity index (χ4n) is 5.19. The third kappa shape index (κ3) is 2.48. The summed E-state index contributed by atoms with van der Waals surface area (Å²) in [6, 6.07) is 0. The highest BCUT2D eigenvalue weighted by Gasteiger charge is 2.47. The van der Waals surface area contributed by atoms with Crippen LogP contribution < -0.4 is 0 Å². The van der Waals surface area contributed by atoms with Crippen molar-refractivity contribution >= 4 is 0 Å². The molecule has 4 unspecified atom stereocenters. The molecule has 2 saturated carbocycles. The number of hydrogen-bond acceptors (Lipinski definition) is 1.